The van der Waals surface area contributed by atoms with Crippen molar-refractivity contribution in [2.24, 2.45) is 0 Å². The SMILES string of the molecule is FC(F)(F)c1cccc2c3c([nH]c12)CCSC3. The standard InChI is InChI=1S/C12H10F3NS/c13-12(14,15)9-3-1-2-7-8-6-17-5-4-10(8)16-11(7)9/h1-3,16H,4-6H2. The van der Waals surface area contributed by atoms with Gasteiger partial charge in [-0.05, 0) is 23.8 Å². The van der Waals surface area contributed by atoms with E-state index in [9.17, 15) is 13.2 Å². The van der Waals surface area contributed by atoms with Gasteiger partial charge in [0.25, 0.3) is 0 Å². The van der Waals surface area contributed by atoms with Gasteiger partial charge in [0, 0.05) is 16.8 Å². The van der Waals surface area contributed by atoms with Crippen LogP contribution >= 0.6 is 11.8 Å². The van der Waals surface area contributed by atoms with E-state index >= 15 is 0 Å². The number of H-pyrrole nitrogens is 1. The molecule has 1 aromatic heterocycles. The van der Waals surface area contributed by atoms with E-state index in [2.05, 4.69) is 4.98 Å². The topological polar surface area (TPSA) is 15.8 Å². The number of rotatable bonds is 0. The molecule has 5 heteroatoms. The minimum Gasteiger partial charge on any atom is -0.358 e. The molecule has 0 aliphatic carbocycles. The van der Waals surface area contributed by atoms with Crippen molar-refractivity contribution in [2.45, 2.75) is 18.3 Å². The summed E-state index contributed by atoms with van der Waals surface area (Å²) in [6, 6.07) is 4.39. The van der Waals surface area contributed by atoms with Crippen LogP contribution in [0.15, 0.2) is 18.2 Å². The zero-order valence-electron chi connectivity index (χ0n) is 8.90. The Bertz CT molecular complexity index is 571. The van der Waals surface area contributed by atoms with Crippen molar-refractivity contribution in [3.8, 4) is 0 Å². The molecule has 1 aromatic carbocycles. The summed E-state index contributed by atoms with van der Waals surface area (Å²) in [5, 5.41) is 0.724. The molecule has 2 heterocycles. The number of aryl methyl sites for hydroxylation is 1. The predicted octanol–water partition coefficient (Wildman–Crippen LogP) is 3.98. The minimum absolute atomic E-state index is 0.243. The van der Waals surface area contributed by atoms with Crippen molar-refractivity contribution >= 4 is 22.7 Å². The molecule has 0 radical (unpaired) electrons. The van der Waals surface area contributed by atoms with E-state index < -0.39 is 11.7 Å². The highest BCUT2D eigenvalue weighted by Gasteiger charge is 2.34. The van der Waals surface area contributed by atoms with Gasteiger partial charge in [0.2, 0.25) is 0 Å². The van der Waals surface area contributed by atoms with Crippen molar-refractivity contribution < 1.29 is 13.2 Å². The monoisotopic (exact) mass is 257 g/mol. The lowest BCUT2D eigenvalue weighted by Gasteiger charge is -2.10. The zero-order chi connectivity index (χ0) is 12.0. The summed E-state index contributed by atoms with van der Waals surface area (Å²) < 4.78 is 38.6. The largest absolute Gasteiger partial charge is 0.418 e. The molecule has 17 heavy (non-hydrogen) atoms. The lowest BCUT2D eigenvalue weighted by molar-refractivity contribution is -0.136. The Balaban J connectivity index is 2.30. The second kappa shape index (κ2) is 3.70. The van der Waals surface area contributed by atoms with Gasteiger partial charge in [0.05, 0.1) is 11.1 Å². The van der Waals surface area contributed by atoms with Crippen molar-refractivity contribution in [3.05, 3.63) is 35.0 Å². The van der Waals surface area contributed by atoms with Crippen molar-refractivity contribution in [1.82, 2.24) is 4.98 Å². The Morgan fingerprint density at radius 3 is 2.82 bits per heavy atom. The van der Waals surface area contributed by atoms with Gasteiger partial charge in [-0.1, -0.05) is 12.1 Å². The number of alkyl halides is 3. The second-order valence-electron chi connectivity index (χ2n) is 4.11. The van der Waals surface area contributed by atoms with Gasteiger partial charge in [-0.25, -0.2) is 0 Å². The van der Waals surface area contributed by atoms with Crippen LogP contribution in [0.2, 0.25) is 0 Å². The lowest BCUT2D eigenvalue weighted by atomic mass is 10.1. The molecule has 0 fully saturated rings. The maximum atomic E-state index is 12.9. The first kappa shape index (κ1) is 11.0. The number of hydrogen-bond acceptors (Lipinski definition) is 1. The fourth-order valence-corrected chi connectivity index (χ4v) is 3.32. The summed E-state index contributed by atoms with van der Waals surface area (Å²) in [7, 11) is 0. The molecule has 0 bridgehead atoms. The maximum Gasteiger partial charge on any atom is 0.418 e. The Kier molecular flexibility index (Phi) is 2.40. The van der Waals surface area contributed by atoms with Crippen LogP contribution in [0.5, 0.6) is 0 Å². The molecular weight excluding hydrogens is 247 g/mol. The van der Waals surface area contributed by atoms with E-state index in [1.807, 2.05) is 0 Å². The van der Waals surface area contributed by atoms with E-state index in [4.69, 9.17) is 0 Å². The second-order valence-corrected chi connectivity index (χ2v) is 5.22. The Morgan fingerprint density at radius 1 is 1.24 bits per heavy atom. The van der Waals surface area contributed by atoms with Gasteiger partial charge >= 0.3 is 6.18 Å². The van der Waals surface area contributed by atoms with Crippen LogP contribution < -0.4 is 0 Å². The maximum absolute atomic E-state index is 12.9. The summed E-state index contributed by atoms with van der Waals surface area (Å²) in [6.45, 7) is 0. The Labute approximate surface area is 100 Å². The number of halogens is 3. The van der Waals surface area contributed by atoms with Crippen LogP contribution in [0.3, 0.4) is 0 Å². The van der Waals surface area contributed by atoms with Gasteiger partial charge in [-0.3, -0.25) is 0 Å². The molecule has 1 N–H and O–H groups in total. The van der Waals surface area contributed by atoms with Crippen LogP contribution in [0.25, 0.3) is 10.9 Å². The molecule has 1 nitrogen and oxygen atoms in total. The Morgan fingerprint density at radius 2 is 2.06 bits per heavy atom. The molecule has 0 amide bonds. The van der Waals surface area contributed by atoms with E-state index in [0.29, 0.717) is 0 Å². The summed E-state index contributed by atoms with van der Waals surface area (Å²) in [6.07, 6.45) is -3.47. The normalized spacial score (nSPS) is 16.2. The van der Waals surface area contributed by atoms with Crippen molar-refractivity contribution in [2.75, 3.05) is 5.75 Å². The minimum atomic E-state index is -4.29. The molecule has 0 atom stereocenters. The number of aromatic nitrogens is 1. The smallest absolute Gasteiger partial charge is 0.358 e. The first-order valence-corrected chi connectivity index (χ1v) is 6.50. The zero-order valence-corrected chi connectivity index (χ0v) is 9.71. The summed E-state index contributed by atoms with van der Waals surface area (Å²) in [5.74, 6) is 1.78. The number of fused-ring (bicyclic) bond motifs is 3. The molecule has 0 unspecified atom stereocenters. The fourth-order valence-electron chi connectivity index (χ4n) is 2.29. The highest BCUT2D eigenvalue weighted by molar-refractivity contribution is 7.98. The molecule has 1 aliphatic rings. The van der Waals surface area contributed by atoms with Crippen molar-refractivity contribution in [1.29, 1.82) is 0 Å². The van der Waals surface area contributed by atoms with E-state index in [-0.39, 0.29) is 5.52 Å². The summed E-state index contributed by atoms with van der Waals surface area (Å²) in [5.41, 5.74) is 1.69. The number of hydrogen-bond donors (Lipinski definition) is 1. The predicted molar refractivity (Wildman–Crippen MR) is 63.2 cm³/mol. The van der Waals surface area contributed by atoms with E-state index in [0.717, 1.165) is 40.6 Å². The number of para-hydroxylation sites is 1. The van der Waals surface area contributed by atoms with Gasteiger partial charge < -0.3 is 4.98 Å². The first-order chi connectivity index (χ1) is 8.07. The van der Waals surface area contributed by atoms with Crippen LogP contribution in [-0.2, 0) is 18.3 Å². The van der Waals surface area contributed by atoms with E-state index in [1.54, 1.807) is 17.8 Å². The average molecular weight is 257 g/mol. The van der Waals surface area contributed by atoms with Crippen LogP contribution in [0.1, 0.15) is 16.8 Å². The number of aromatic amines is 1. The Hall–Kier alpha value is -1.10. The summed E-state index contributed by atoms with van der Waals surface area (Å²) >= 11 is 1.77. The molecule has 0 saturated carbocycles. The molecule has 2 aromatic rings. The lowest BCUT2D eigenvalue weighted by Crippen LogP contribution is -2.05. The molecular formula is C12H10F3NS. The molecule has 0 spiro atoms. The number of benzene rings is 1. The van der Waals surface area contributed by atoms with Crippen LogP contribution in [-0.4, -0.2) is 10.7 Å². The first-order valence-electron chi connectivity index (χ1n) is 5.35. The van der Waals surface area contributed by atoms with Crippen molar-refractivity contribution in [3.63, 3.8) is 0 Å². The quantitative estimate of drug-likeness (QED) is 0.755. The van der Waals surface area contributed by atoms with Gasteiger partial charge in [0.15, 0.2) is 0 Å². The highest BCUT2D eigenvalue weighted by atomic mass is 32.2. The summed E-state index contributed by atoms with van der Waals surface area (Å²) in [4.78, 5) is 2.96. The third kappa shape index (κ3) is 1.73. The highest BCUT2D eigenvalue weighted by Crippen LogP contribution is 2.38. The average Bonchev–Trinajstić information content (AvgIpc) is 2.65. The third-order valence-corrected chi connectivity index (χ3v) is 4.06. The van der Waals surface area contributed by atoms with Gasteiger partial charge in [-0.2, -0.15) is 24.9 Å². The van der Waals surface area contributed by atoms with E-state index in [1.165, 1.54) is 6.07 Å². The molecule has 90 valence electrons. The van der Waals surface area contributed by atoms with Crippen LogP contribution in [0, 0.1) is 0 Å². The molecule has 0 saturated heterocycles. The third-order valence-electron chi connectivity index (χ3n) is 3.08. The molecule has 3 rings (SSSR count). The fraction of sp³-hybridized carbons (Fsp3) is 0.333. The van der Waals surface area contributed by atoms with Crippen LogP contribution in [0.4, 0.5) is 13.2 Å². The number of nitrogens with one attached hydrogen (secondary N) is 1. The number of thioether (sulfide) groups is 1. The van der Waals surface area contributed by atoms with Gasteiger partial charge in [0.1, 0.15) is 0 Å². The molecule has 1 aliphatic heterocycles. The van der Waals surface area contributed by atoms with Gasteiger partial charge in [-0.15, -0.1) is 0 Å².